The van der Waals surface area contributed by atoms with Crippen molar-refractivity contribution < 1.29 is 5.11 Å². The third kappa shape index (κ3) is 3.15. The van der Waals surface area contributed by atoms with Crippen molar-refractivity contribution in [3.05, 3.63) is 50.5 Å². The molecule has 16 heavy (non-hydrogen) atoms. The number of benzene rings is 2. The van der Waals surface area contributed by atoms with Crippen molar-refractivity contribution in [2.24, 2.45) is 0 Å². The predicted molar refractivity (Wildman–Crippen MR) is 79.1 cm³/mol. The van der Waals surface area contributed by atoms with Crippen LogP contribution in [0.2, 0.25) is 0 Å². The van der Waals surface area contributed by atoms with Crippen molar-refractivity contribution in [3.8, 4) is 5.75 Å². The summed E-state index contributed by atoms with van der Waals surface area (Å²) < 4.78 is 1.94. The fraction of sp³-hybridized carbons (Fsp3) is 0. The summed E-state index contributed by atoms with van der Waals surface area (Å²) in [6.45, 7) is 0. The molecule has 4 heteroatoms. The molecule has 0 aliphatic rings. The van der Waals surface area contributed by atoms with Crippen LogP contribution in [0.15, 0.2) is 56.7 Å². The Hall–Kier alpha value is -0.200. The Morgan fingerprint density at radius 1 is 1.00 bits per heavy atom. The first kappa shape index (κ1) is 12.3. The van der Waals surface area contributed by atoms with E-state index >= 15 is 0 Å². The van der Waals surface area contributed by atoms with Gasteiger partial charge in [0.2, 0.25) is 0 Å². The Bertz CT molecular complexity index is 499. The molecule has 82 valence electrons. The van der Waals surface area contributed by atoms with Gasteiger partial charge in [0.25, 0.3) is 0 Å². The number of hydrogen-bond acceptors (Lipinski definition) is 2. The molecule has 1 N–H and O–H groups in total. The SMILES string of the molecule is Oc1cc(Sc2ccc(I)cc2)ccc1Br. The van der Waals surface area contributed by atoms with E-state index in [1.54, 1.807) is 17.8 Å². The van der Waals surface area contributed by atoms with Gasteiger partial charge in [-0.15, -0.1) is 0 Å². The van der Waals surface area contributed by atoms with Crippen molar-refractivity contribution in [3.63, 3.8) is 0 Å². The molecule has 0 fully saturated rings. The summed E-state index contributed by atoms with van der Waals surface area (Å²) in [6, 6.07) is 13.9. The molecule has 1 nitrogen and oxygen atoms in total. The fourth-order valence-electron chi connectivity index (χ4n) is 1.19. The normalized spacial score (nSPS) is 10.4. The second-order valence-electron chi connectivity index (χ2n) is 3.17. The topological polar surface area (TPSA) is 20.2 Å². The summed E-state index contributed by atoms with van der Waals surface area (Å²) in [5.74, 6) is 0.274. The minimum atomic E-state index is 0.274. The number of phenols is 1. The molecule has 0 bridgehead atoms. The van der Waals surface area contributed by atoms with Gasteiger partial charge in [0.15, 0.2) is 0 Å². The van der Waals surface area contributed by atoms with Crippen LogP contribution in [0, 0.1) is 3.57 Å². The zero-order valence-corrected chi connectivity index (χ0v) is 12.7. The quantitative estimate of drug-likeness (QED) is 0.715. The molecule has 0 saturated carbocycles. The van der Waals surface area contributed by atoms with Crippen molar-refractivity contribution in [1.82, 2.24) is 0 Å². The molecular formula is C12H8BrIOS. The molecule has 0 amide bonds. The lowest BCUT2D eigenvalue weighted by molar-refractivity contribution is 0.470. The number of aromatic hydroxyl groups is 1. The molecule has 0 saturated heterocycles. The van der Waals surface area contributed by atoms with Crippen molar-refractivity contribution in [2.45, 2.75) is 9.79 Å². The largest absolute Gasteiger partial charge is 0.507 e. The summed E-state index contributed by atoms with van der Waals surface area (Å²) in [4.78, 5) is 2.20. The van der Waals surface area contributed by atoms with Crippen LogP contribution < -0.4 is 0 Å². The summed E-state index contributed by atoms with van der Waals surface area (Å²) >= 11 is 7.18. The van der Waals surface area contributed by atoms with Gasteiger partial charge in [-0.2, -0.15) is 0 Å². The van der Waals surface area contributed by atoms with Gasteiger partial charge < -0.3 is 5.11 Å². The monoisotopic (exact) mass is 406 g/mol. The van der Waals surface area contributed by atoms with Gasteiger partial charge in [-0.25, -0.2) is 0 Å². The van der Waals surface area contributed by atoms with Crippen molar-refractivity contribution >= 4 is 50.3 Å². The lowest BCUT2D eigenvalue weighted by Crippen LogP contribution is -1.76. The Morgan fingerprint density at radius 3 is 2.25 bits per heavy atom. The summed E-state index contributed by atoms with van der Waals surface area (Å²) in [5.41, 5.74) is 0. The van der Waals surface area contributed by atoms with Crippen molar-refractivity contribution in [1.29, 1.82) is 0 Å². The molecule has 0 atom stereocenters. The van der Waals surface area contributed by atoms with Gasteiger partial charge in [0.1, 0.15) is 5.75 Å². The van der Waals surface area contributed by atoms with Crippen LogP contribution in [0.4, 0.5) is 0 Å². The average Bonchev–Trinajstić information content (AvgIpc) is 2.27. The molecule has 2 aromatic rings. The predicted octanol–water partition coefficient (Wildman–Crippen LogP) is 4.91. The number of hydrogen-bond donors (Lipinski definition) is 1. The molecule has 0 unspecified atom stereocenters. The zero-order chi connectivity index (χ0) is 11.5. The molecule has 0 aliphatic carbocycles. The molecular weight excluding hydrogens is 399 g/mol. The third-order valence-electron chi connectivity index (χ3n) is 1.97. The maximum absolute atomic E-state index is 9.56. The Balaban J connectivity index is 2.20. The van der Waals surface area contributed by atoms with Gasteiger partial charge in [-0.05, 0) is 81.0 Å². The highest BCUT2D eigenvalue weighted by Gasteiger charge is 2.01. The van der Waals surface area contributed by atoms with E-state index in [0.29, 0.717) is 0 Å². The lowest BCUT2D eigenvalue weighted by atomic mass is 10.3. The lowest BCUT2D eigenvalue weighted by Gasteiger charge is -2.03. The van der Waals surface area contributed by atoms with E-state index in [4.69, 9.17) is 0 Å². The Kier molecular flexibility index (Phi) is 4.16. The van der Waals surface area contributed by atoms with Crippen LogP contribution in [0.1, 0.15) is 0 Å². The highest BCUT2D eigenvalue weighted by Crippen LogP contribution is 2.33. The molecule has 0 heterocycles. The van der Waals surface area contributed by atoms with Crippen LogP contribution in [-0.4, -0.2) is 5.11 Å². The number of rotatable bonds is 2. The molecule has 2 rings (SSSR count). The highest BCUT2D eigenvalue weighted by molar-refractivity contribution is 14.1. The first-order valence-corrected chi connectivity index (χ1v) is 7.26. The van der Waals surface area contributed by atoms with E-state index in [9.17, 15) is 5.11 Å². The van der Waals surface area contributed by atoms with E-state index in [2.05, 4.69) is 62.8 Å². The van der Waals surface area contributed by atoms with E-state index in [1.807, 2.05) is 12.1 Å². The molecule has 2 aromatic carbocycles. The first-order valence-electron chi connectivity index (χ1n) is 4.57. The zero-order valence-electron chi connectivity index (χ0n) is 8.15. The molecule has 0 aromatic heterocycles. The number of phenolic OH excluding ortho intramolecular Hbond substituents is 1. The van der Waals surface area contributed by atoms with Gasteiger partial charge in [0, 0.05) is 13.4 Å². The Labute approximate surface area is 121 Å². The number of halogens is 2. The van der Waals surface area contributed by atoms with E-state index in [0.717, 1.165) is 9.37 Å². The van der Waals surface area contributed by atoms with Crippen LogP contribution in [0.5, 0.6) is 5.75 Å². The van der Waals surface area contributed by atoms with Crippen molar-refractivity contribution in [2.75, 3.05) is 0 Å². The van der Waals surface area contributed by atoms with Gasteiger partial charge in [-0.1, -0.05) is 11.8 Å². The standard InChI is InChI=1S/C12H8BrIOS/c13-11-6-5-10(7-12(11)15)16-9-3-1-8(14)2-4-9/h1-7,15H. The maximum atomic E-state index is 9.56. The first-order chi connectivity index (χ1) is 7.65. The maximum Gasteiger partial charge on any atom is 0.130 e. The van der Waals surface area contributed by atoms with Gasteiger partial charge >= 0.3 is 0 Å². The molecule has 0 spiro atoms. The summed E-state index contributed by atoms with van der Waals surface area (Å²) in [6.07, 6.45) is 0. The smallest absolute Gasteiger partial charge is 0.130 e. The second kappa shape index (κ2) is 5.42. The highest BCUT2D eigenvalue weighted by atomic mass is 127. The van der Waals surface area contributed by atoms with Gasteiger partial charge in [-0.3, -0.25) is 0 Å². The van der Waals surface area contributed by atoms with Crippen LogP contribution >= 0.6 is 50.3 Å². The second-order valence-corrected chi connectivity index (χ2v) is 6.42. The average molecular weight is 407 g/mol. The van der Waals surface area contributed by atoms with E-state index in [-0.39, 0.29) is 5.75 Å². The van der Waals surface area contributed by atoms with E-state index in [1.165, 1.54) is 8.47 Å². The minimum Gasteiger partial charge on any atom is -0.507 e. The Morgan fingerprint density at radius 2 is 1.62 bits per heavy atom. The van der Waals surface area contributed by atoms with Crippen LogP contribution in [0.25, 0.3) is 0 Å². The van der Waals surface area contributed by atoms with Crippen LogP contribution in [0.3, 0.4) is 0 Å². The summed E-state index contributed by atoms with van der Waals surface area (Å²) in [7, 11) is 0. The molecule has 0 aliphatic heterocycles. The van der Waals surface area contributed by atoms with Gasteiger partial charge in [0.05, 0.1) is 4.47 Å². The molecule has 0 radical (unpaired) electrons. The third-order valence-corrected chi connectivity index (χ3v) is 4.35. The minimum absolute atomic E-state index is 0.274. The van der Waals surface area contributed by atoms with Crippen LogP contribution in [-0.2, 0) is 0 Å². The summed E-state index contributed by atoms with van der Waals surface area (Å²) in [5, 5.41) is 9.56. The fourth-order valence-corrected chi connectivity index (χ4v) is 2.65. The van der Waals surface area contributed by atoms with E-state index < -0.39 is 0 Å².